The fraction of sp³-hybridized carbons (Fsp3) is 0.600. The minimum atomic E-state index is 0. The summed E-state index contributed by atoms with van der Waals surface area (Å²) in [5.74, 6) is 0.939. The van der Waals surface area contributed by atoms with Gasteiger partial charge in [-0.15, -0.1) is 12.4 Å². The Morgan fingerprint density at radius 3 is 2.84 bits per heavy atom. The molecule has 1 aromatic rings. The fourth-order valence-corrected chi connectivity index (χ4v) is 2.79. The smallest absolute Gasteiger partial charge is 0.119 e. The lowest BCUT2D eigenvalue weighted by atomic mass is 9.89. The highest BCUT2D eigenvalue weighted by Crippen LogP contribution is 2.26. The number of nitrogens with one attached hydrogen (secondary N) is 1. The van der Waals surface area contributed by atoms with Gasteiger partial charge in [-0.05, 0) is 43.1 Å². The van der Waals surface area contributed by atoms with Crippen LogP contribution in [-0.2, 0) is 6.54 Å². The third-order valence-corrected chi connectivity index (χ3v) is 3.70. The molecule has 108 valence electrons. The second-order valence-electron chi connectivity index (χ2n) is 5.76. The van der Waals surface area contributed by atoms with E-state index >= 15 is 0 Å². The zero-order valence-corrected chi connectivity index (χ0v) is 12.9. The number of hydrogen-bond donors (Lipinski definition) is 1. The van der Waals surface area contributed by atoms with E-state index in [4.69, 9.17) is 4.74 Å². The topological polar surface area (TPSA) is 24.5 Å². The largest absolute Gasteiger partial charge is 0.497 e. The molecule has 1 saturated heterocycles. The lowest BCUT2D eigenvalue weighted by Gasteiger charge is -2.29. The average Bonchev–Trinajstić information content (AvgIpc) is 2.75. The molecule has 0 spiro atoms. The van der Waals surface area contributed by atoms with Crippen LogP contribution in [0.5, 0.6) is 5.75 Å². The third kappa shape index (κ3) is 4.68. The van der Waals surface area contributed by atoms with Gasteiger partial charge in [0.15, 0.2) is 0 Å². The van der Waals surface area contributed by atoms with Gasteiger partial charge in [-0.3, -0.25) is 0 Å². The van der Waals surface area contributed by atoms with Crippen molar-refractivity contribution in [3.63, 3.8) is 0 Å². The van der Waals surface area contributed by atoms with Crippen molar-refractivity contribution >= 4 is 12.4 Å². The van der Waals surface area contributed by atoms with E-state index in [1.165, 1.54) is 12.0 Å². The van der Waals surface area contributed by atoms with Gasteiger partial charge in [-0.1, -0.05) is 19.1 Å². The van der Waals surface area contributed by atoms with E-state index in [0.29, 0.717) is 5.41 Å². The molecule has 1 unspecified atom stereocenters. The molecule has 4 heteroatoms. The molecule has 19 heavy (non-hydrogen) atoms. The van der Waals surface area contributed by atoms with Crippen LogP contribution in [0, 0.1) is 5.41 Å². The predicted molar refractivity (Wildman–Crippen MR) is 82.2 cm³/mol. The Bertz CT molecular complexity index is 391. The molecule has 0 aliphatic carbocycles. The summed E-state index contributed by atoms with van der Waals surface area (Å²) in [4.78, 5) is 2.40. The molecule has 1 aliphatic rings. The van der Waals surface area contributed by atoms with Crippen LogP contribution >= 0.6 is 12.4 Å². The average molecular weight is 285 g/mol. The van der Waals surface area contributed by atoms with E-state index in [2.05, 4.69) is 42.4 Å². The number of benzene rings is 1. The van der Waals surface area contributed by atoms with Crippen LogP contribution in [-0.4, -0.2) is 38.7 Å². The van der Waals surface area contributed by atoms with E-state index in [9.17, 15) is 0 Å². The van der Waals surface area contributed by atoms with Crippen molar-refractivity contribution in [1.82, 2.24) is 10.2 Å². The van der Waals surface area contributed by atoms with Crippen molar-refractivity contribution in [2.45, 2.75) is 19.9 Å². The highest BCUT2D eigenvalue weighted by atomic mass is 35.5. The molecular formula is C15H25ClN2O. The molecule has 0 saturated carbocycles. The first kappa shape index (κ1) is 16.3. The normalized spacial score (nSPS) is 22.3. The summed E-state index contributed by atoms with van der Waals surface area (Å²) in [6.45, 7) is 6.78. The second-order valence-corrected chi connectivity index (χ2v) is 5.76. The van der Waals surface area contributed by atoms with Crippen LogP contribution < -0.4 is 10.1 Å². The lowest BCUT2D eigenvalue weighted by molar-refractivity contribution is 0.203. The summed E-state index contributed by atoms with van der Waals surface area (Å²) < 4.78 is 5.26. The fourth-order valence-electron chi connectivity index (χ4n) is 2.79. The molecular weight excluding hydrogens is 260 g/mol. The molecule has 0 bridgehead atoms. The Labute approximate surface area is 122 Å². The molecule has 0 amide bonds. The van der Waals surface area contributed by atoms with Gasteiger partial charge in [0.1, 0.15) is 5.75 Å². The highest BCUT2D eigenvalue weighted by Gasteiger charge is 2.29. The number of nitrogens with zero attached hydrogens (tertiary/aromatic N) is 1. The summed E-state index contributed by atoms with van der Waals surface area (Å²) in [6.07, 6.45) is 1.27. The number of methoxy groups -OCH3 is 1. The van der Waals surface area contributed by atoms with E-state index < -0.39 is 0 Å². The van der Waals surface area contributed by atoms with Crippen molar-refractivity contribution in [2.75, 3.05) is 33.8 Å². The first-order valence-electron chi connectivity index (χ1n) is 6.63. The van der Waals surface area contributed by atoms with Gasteiger partial charge in [-0.25, -0.2) is 0 Å². The Hall–Kier alpha value is -0.770. The minimum Gasteiger partial charge on any atom is -0.497 e. The van der Waals surface area contributed by atoms with Gasteiger partial charge in [0.2, 0.25) is 0 Å². The Morgan fingerprint density at radius 2 is 2.21 bits per heavy atom. The second kappa shape index (κ2) is 7.13. The molecule has 1 fully saturated rings. The molecule has 0 aromatic heterocycles. The van der Waals surface area contributed by atoms with E-state index in [1.54, 1.807) is 7.11 Å². The Balaban J connectivity index is 0.00000180. The third-order valence-electron chi connectivity index (χ3n) is 3.70. The molecule has 1 aromatic carbocycles. The summed E-state index contributed by atoms with van der Waals surface area (Å²) in [7, 11) is 3.91. The summed E-state index contributed by atoms with van der Waals surface area (Å²) in [6, 6.07) is 8.33. The van der Waals surface area contributed by atoms with Crippen LogP contribution in [0.15, 0.2) is 24.3 Å². The van der Waals surface area contributed by atoms with E-state index in [1.807, 2.05) is 6.07 Å². The van der Waals surface area contributed by atoms with Crippen LogP contribution in [0.1, 0.15) is 18.9 Å². The number of hydrogen-bond acceptors (Lipinski definition) is 3. The molecule has 0 radical (unpaired) electrons. The van der Waals surface area contributed by atoms with Crippen molar-refractivity contribution in [3.8, 4) is 5.75 Å². The Kier molecular flexibility index (Phi) is 6.11. The standard InChI is InChI=1S/C15H24N2O.ClH/c1-15(7-8-16-11-15)12-17(2)10-13-5-4-6-14(9-13)18-3;/h4-6,9,16H,7-8,10-12H2,1-3H3;1H. The number of halogens is 1. The summed E-state index contributed by atoms with van der Waals surface area (Å²) in [5.41, 5.74) is 1.74. The molecule has 1 aliphatic heterocycles. The first-order chi connectivity index (χ1) is 8.61. The van der Waals surface area contributed by atoms with Gasteiger partial charge < -0.3 is 15.0 Å². The molecule has 3 nitrogen and oxygen atoms in total. The monoisotopic (exact) mass is 284 g/mol. The van der Waals surface area contributed by atoms with E-state index in [0.717, 1.165) is 31.9 Å². The van der Waals surface area contributed by atoms with Crippen molar-refractivity contribution < 1.29 is 4.74 Å². The number of ether oxygens (including phenoxy) is 1. The lowest BCUT2D eigenvalue weighted by Crippen LogP contribution is -2.34. The van der Waals surface area contributed by atoms with E-state index in [-0.39, 0.29) is 12.4 Å². The summed E-state index contributed by atoms with van der Waals surface area (Å²) in [5, 5.41) is 3.45. The molecule has 1 heterocycles. The maximum absolute atomic E-state index is 5.26. The van der Waals surface area contributed by atoms with Gasteiger partial charge in [0, 0.05) is 19.6 Å². The molecule has 2 rings (SSSR count). The van der Waals surface area contributed by atoms with Gasteiger partial charge in [-0.2, -0.15) is 0 Å². The Morgan fingerprint density at radius 1 is 1.42 bits per heavy atom. The maximum Gasteiger partial charge on any atom is 0.119 e. The van der Waals surface area contributed by atoms with Crippen LogP contribution in [0.4, 0.5) is 0 Å². The molecule has 1 atom stereocenters. The highest BCUT2D eigenvalue weighted by molar-refractivity contribution is 5.85. The number of rotatable bonds is 5. The minimum absolute atomic E-state index is 0. The van der Waals surface area contributed by atoms with Gasteiger partial charge >= 0.3 is 0 Å². The van der Waals surface area contributed by atoms with Crippen LogP contribution in [0.2, 0.25) is 0 Å². The zero-order chi connectivity index (χ0) is 13.0. The quantitative estimate of drug-likeness (QED) is 0.899. The van der Waals surface area contributed by atoms with Crippen LogP contribution in [0.3, 0.4) is 0 Å². The zero-order valence-electron chi connectivity index (χ0n) is 12.1. The predicted octanol–water partition coefficient (Wildman–Crippen LogP) is 2.55. The van der Waals surface area contributed by atoms with Gasteiger partial charge in [0.05, 0.1) is 7.11 Å². The van der Waals surface area contributed by atoms with Crippen molar-refractivity contribution in [2.24, 2.45) is 5.41 Å². The van der Waals surface area contributed by atoms with Gasteiger partial charge in [0.25, 0.3) is 0 Å². The maximum atomic E-state index is 5.26. The van der Waals surface area contributed by atoms with Crippen LogP contribution in [0.25, 0.3) is 0 Å². The summed E-state index contributed by atoms with van der Waals surface area (Å²) >= 11 is 0. The van der Waals surface area contributed by atoms with Crippen molar-refractivity contribution in [1.29, 1.82) is 0 Å². The first-order valence-corrected chi connectivity index (χ1v) is 6.63. The van der Waals surface area contributed by atoms with Crippen molar-refractivity contribution in [3.05, 3.63) is 29.8 Å². The SMILES string of the molecule is COc1cccc(CN(C)CC2(C)CCNC2)c1.Cl. The molecule has 1 N–H and O–H groups in total.